The molecule has 7 heteroatoms. The second-order valence-electron chi connectivity index (χ2n) is 6.81. The Morgan fingerprint density at radius 2 is 1.93 bits per heavy atom. The molecule has 1 heterocycles. The summed E-state index contributed by atoms with van der Waals surface area (Å²) in [4.78, 5) is 7.01. The van der Waals surface area contributed by atoms with Gasteiger partial charge in [-0.1, -0.05) is 19.9 Å². The highest BCUT2D eigenvalue weighted by atomic mass is 16.5. The van der Waals surface area contributed by atoms with Crippen LogP contribution < -0.4 is 20.1 Å². The lowest BCUT2D eigenvalue weighted by molar-refractivity contribution is 0.217. The zero-order valence-corrected chi connectivity index (χ0v) is 18.7. The number of rotatable bonds is 13. The molecule has 0 saturated heterocycles. The van der Waals surface area contributed by atoms with Crippen molar-refractivity contribution in [1.29, 1.82) is 0 Å². The van der Waals surface area contributed by atoms with Gasteiger partial charge in [0.1, 0.15) is 12.4 Å². The number of benzene rings is 1. The normalized spacial score (nSPS) is 11.6. The summed E-state index contributed by atoms with van der Waals surface area (Å²) in [6.45, 7) is 12.1. The van der Waals surface area contributed by atoms with Crippen molar-refractivity contribution in [2.24, 2.45) is 4.99 Å². The van der Waals surface area contributed by atoms with Gasteiger partial charge in [-0.15, -0.1) is 0 Å². The Balaban J connectivity index is 1.91. The molecule has 2 rings (SSSR count). The first-order chi connectivity index (χ1) is 14.7. The molecule has 0 bridgehead atoms. The molecule has 0 aliphatic carbocycles. The molecule has 0 spiro atoms. The third-order valence-electron chi connectivity index (χ3n) is 4.80. The summed E-state index contributed by atoms with van der Waals surface area (Å²) in [5.41, 5.74) is 1.06. The topological polar surface area (TPSA) is 71.3 Å². The number of likely N-dealkylation sites (N-methyl/N-ethyl adjacent to an activating group) is 1. The third kappa shape index (κ3) is 7.99. The highest BCUT2D eigenvalue weighted by molar-refractivity contribution is 5.79. The van der Waals surface area contributed by atoms with Crippen LogP contribution in [0, 0.1) is 0 Å². The van der Waals surface area contributed by atoms with E-state index in [-0.39, 0.29) is 0 Å². The first-order valence-corrected chi connectivity index (χ1v) is 10.8. The van der Waals surface area contributed by atoms with Crippen molar-refractivity contribution in [3.05, 3.63) is 47.9 Å². The number of nitrogens with zero attached hydrogens (tertiary/aromatic N) is 2. The number of ether oxygens (including phenoxy) is 2. The van der Waals surface area contributed by atoms with E-state index in [0.717, 1.165) is 67.9 Å². The summed E-state index contributed by atoms with van der Waals surface area (Å²) in [5.74, 6) is 3.24. The second kappa shape index (κ2) is 13.5. The average Bonchev–Trinajstić information content (AvgIpc) is 3.29. The Hall–Kier alpha value is -2.67. The molecular formula is C23H36N4O3. The fraction of sp³-hybridized carbons (Fsp3) is 0.522. The van der Waals surface area contributed by atoms with Gasteiger partial charge >= 0.3 is 0 Å². The van der Waals surface area contributed by atoms with Crippen molar-refractivity contribution in [3.8, 4) is 11.5 Å². The van der Waals surface area contributed by atoms with Gasteiger partial charge in [-0.3, -0.25) is 0 Å². The quantitative estimate of drug-likeness (QED) is 0.386. The largest absolute Gasteiger partial charge is 0.493 e. The van der Waals surface area contributed by atoms with Gasteiger partial charge in [0.05, 0.1) is 19.9 Å². The predicted molar refractivity (Wildman–Crippen MR) is 122 cm³/mol. The summed E-state index contributed by atoms with van der Waals surface area (Å²) in [6.07, 6.45) is 2.50. The number of guanidine groups is 1. The van der Waals surface area contributed by atoms with Crippen LogP contribution in [0.3, 0.4) is 0 Å². The Labute approximate surface area is 180 Å². The molecule has 0 atom stereocenters. The molecule has 1 aromatic carbocycles. The van der Waals surface area contributed by atoms with Crippen LogP contribution in [0.4, 0.5) is 0 Å². The summed E-state index contributed by atoms with van der Waals surface area (Å²) < 4.78 is 16.8. The molecule has 2 N–H and O–H groups in total. The fourth-order valence-corrected chi connectivity index (χ4v) is 3.03. The Morgan fingerprint density at radius 1 is 1.10 bits per heavy atom. The molecule has 0 saturated carbocycles. The summed E-state index contributed by atoms with van der Waals surface area (Å²) in [5, 5.41) is 6.61. The van der Waals surface area contributed by atoms with E-state index in [1.807, 2.05) is 30.3 Å². The van der Waals surface area contributed by atoms with Crippen molar-refractivity contribution in [2.45, 2.75) is 33.7 Å². The number of furan rings is 1. The SMILES string of the molecule is CCNC(=NCc1ccc(OCCN(CC)CC)c(OC)c1)NCCc1ccco1. The zero-order chi connectivity index (χ0) is 21.6. The number of hydrogen-bond acceptors (Lipinski definition) is 5. The molecule has 0 aliphatic rings. The molecule has 0 fully saturated rings. The fourth-order valence-electron chi connectivity index (χ4n) is 3.03. The lowest BCUT2D eigenvalue weighted by Gasteiger charge is -2.19. The van der Waals surface area contributed by atoms with Crippen molar-refractivity contribution in [2.75, 3.05) is 46.4 Å². The van der Waals surface area contributed by atoms with E-state index in [2.05, 4.69) is 41.3 Å². The van der Waals surface area contributed by atoms with Gasteiger partial charge in [0, 0.05) is 26.1 Å². The van der Waals surface area contributed by atoms with Gasteiger partial charge in [0.25, 0.3) is 0 Å². The van der Waals surface area contributed by atoms with Crippen molar-refractivity contribution < 1.29 is 13.9 Å². The molecule has 0 radical (unpaired) electrons. The molecule has 0 unspecified atom stereocenters. The lowest BCUT2D eigenvalue weighted by Crippen LogP contribution is -2.38. The van der Waals surface area contributed by atoms with Crippen LogP contribution in [-0.4, -0.2) is 57.3 Å². The van der Waals surface area contributed by atoms with E-state index in [4.69, 9.17) is 13.9 Å². The maximum absolute atomic E-state index is 5.93. The van der Waals surface area contributed by atoms with Crippen LogP contribution in [-0.2, 0) is 13.0 Å². The van der Waals surface area contributed by atoms with Gasteiger partial charge in [0.15, 0.2) is 17.5 Å². The van der Waals surface area contributed by atoms with Crippen LogP contribution in [0.1, 0.15) is 32.1 Å². The minimum atomic E-state index is 0.548. The van der Waals surface area contributed by atoms with Gasteiger partial charge in [0.2, 0.25) is 0 Å². The Kier molecular flexibility index (Phi) is 10.7. The van der Waals surface area contributed by atoms with E-state index in [9.17, 15) is 0 Å². The average molecular weight is 417 g/mol. The van der Waals surface area contributed by atoms with E-state index >= 15 is 0 Å². The lowest BCUT2D eigenvalue weighted by atomic mass is 10.2. The third-order valence-corrected chi connectivity index (χ3v) is 4.80. The van der Waals surface area contributed by atoms with Crippen LogP contribution in [0.5, 0.6) is 11.5 Å². The van der Waals surface area contributed by atoms with Gasteiger partial charge in [-0.2, -0.15) is 0 Å². The van der Waals surface area contributed by atoms with Crippen molar-refractivity contribution in [3.63, 3.8) is 0 Å². The van der Waals surface area contributed by atoms with Crippen LogP contribution in [0.15, 0.2) is 46.0 Å². The smallest absolute Gasteiger partial charge is 0.191 e. The maximum atomic E-state index is 5.93. The summed E-state index contributed by atoms with van der Waals surface area (Å²) in [7, 11) is 1.67. The highest BCUT2D eigenvalue weighted by Crippen LogP contribution is 2.28. The number of nitrogens with one attached hydrogen (secondary N) is 2. The van der Waals surface area contributed by atoms with E-state index in [1.54, 1.807) is 13.4 Å². The summed E-state index contributed by atoms with van der Waals surface area (Å²) >= 11 is 0. The van der Waals surface area contributed by atoms with Crippen molar-refractivity contribution >= 4 is 5.96 Å². The summed E-state index contributed by atoms with van der Waals surface area (Å²) in [6, 6.07) is 9.86. The molecule has 166 valence electrons. The van der Waals surface area contributed by atoms with Crippen LogP contribution >= 0.6 is 0 Å². The van der Waals surface area contributed by atoms with E-state index < -0.39 is 0 Å². The maximum Gasteiger partial charge on any atom is 0.191 e. The number of aliphatic imine (C=N–C) groups is 1. The molecule has 0 amide bonds. The molecule has 0 aliphatic heterocycles. The predicted octanol–water partition coefficient (Wildman–Crippen LogP) is 3.31. The molecular weight excluding hydrogens is 380 g/mol. The van der Waals surface area contributed by atoms with Crippen LogP contribution in [0.2, 0.25) is 0 Å². The van der Waals surface area contributed by atoms with E-state index in [0.29, 0.717) is 13.2 Å². The van der Waals surface area contributed by atoms with Crippen molar-refractivity contribution in [1.82, 2.24) is 15.5 Å². The Morgan fingerprint density at radius 3 is 2.60 bits per heavy atom. The monoisotopic (exact) mass is 416 g/mol. The van der Waals surface area contributed by atoms with Gasteiger partial charge in [-0.25, -0.2) is 4.99 Å². The van der Waals surface area contributed by atoms with Gasteiger partial charge in [-0.05, 0) is 49.8 Å². The molecule has 1 aromatic heterocycles. The van der Waals surface area contributed by atoms with E-state index in [1.165, 1.54) is 0 Å². The standard InChI is InChI=1S/C23H36N4O3/c1-5-24-23(25-13-12-20-9-8-15-29-20)26-18-19-10-11-21(22(17-19)28-4)30-16-14-27(6-2)7-3/h8-11,15,17H,5-7,12-14,16,18H2,1-4H3,(H2,24,25,26). The number of methoxy groups -OCH3 is 1. The van der Waals surface area contributed by atoms with Crippen LogP contribution in [0.25, 0.3) is 0 Å². The zero-order valence-electron chi connectivity index (χ0n) is 18.7. The second-order valence-corrected chi connectivity index (χ2v) is 6.81. The molecule has 7 nitrogen and oxygen atoms in total. The molecule has 30 heavy (non-hydrogen) atoms. The first kappa shape index (κ1) is 23.6. The minimum Gasteiger partial charge on any atom is -0.493 e. The number of hydrogen-bond donors (Lipinski definition) is 2. The van der Waals surface area contributed by atoms with Gasteiger partial charge < -0.3 is 29.4 Å². The highest BCUT2D eigenvalue weighted by Gasteiger charge is 2.07. The molecule has 2 aromatic rings. The first-order valence-electron chi connectivity index (χ1n) is 10.8. The Bertz CT molecular complexity index is 743. The minimum absolute atomic E-state index is 0.548.